The van der Waals surface area contributed by atoms with Crippen molar-refractivity contribution in [2.75, 3.05) is 71.3 Å². The lowest BCUT2D eigenvalue weighted by molar-refractivity contribution is -0.124. The number of nitrogens with zero attached hydrogens (tertiary/aromatic N) is 3. The molecule has 2 aromatic heterocycles. The zero-order valence-electron chi connectivity index (χ0n) is 30.0. The van der Waals surface area contributed by atoms with Crippen LogP contribution in [0.1, 0.15) is 64.1 Å². The molecule has 0 aliphatic rings. The summed E-state index contributed by atoms with van der Waals surface area (Å²) >= 11 is 0. The Bertz CT molecular complexity index is 1490. The Morgan fingerprint density at radius 1 is 0.941 bits per heavy atom. The Labute approximate surface area is 301 Å². The number of ether oxygens (including phenoxy) is 1. The first-order valence-electron chi connectivity index (χ1n) is 18.1. The summed E-state index contributed by atoms with van der Waals surface area (Å²) in [5.41, 5.74) is 14.1. The van der Waals surface area contributed by atoms with Gasteiger partial charge >= 0.3 is 8.25 Å². The van der Waals surface area contributed by atoms with Crippen molar-refractivity contribution in [1.29, 1.82) is 0 Å². The van der Waals surface area contributed by atoms with E-state index in [4.69, 9.17) is 30.6 Å². The summed E-state index contributed by atoms with van der Waals surface area (Å²) in [6.07, 6.45) is 5.51. The zero-order valence-corrected chi connectivity index (χ0v) is 30.9. The Morgan fingerprint density at radius 2 is 1.67 bits per heavy atom. The predicted molar refractivity (Wildman–Crippen MR) is 200 cm³/mol. The Hall–Kier alpha value is -3.34. The fraction of sp³-hybridized carbons (Fsp3) is 0.647. The number of rotatable bonds is 29. The van der Waals surface area contributed by atoms with Crippen LogP contribution >= 0.6 is 8.25 Å². The standard InChI is InChI=1S/C34H57N10O6P/c1-2-49-25-29-43-31-32(26-11-3-4-12-27(26)42-33(31)36)44(29)23-9-21-41-34(46)28(39-22-10-24-50-51(47)48)13-14-30(45)40-20-8-19-38-17-6-5-16-37-18-7-15-35/h3-4,11-12,28,37-39H,2,5-10,13-25,35H2,1H3,(H4-,36,40,41,42,45,46,47,48)/p+1/t28-/m0/s1. The molecule has 1 aromatic carbocycles. The number of carbonyl (C=O) groups excluding carboxylic acids is 2. The van der Waals surface area contributed by atoms with Crippen molar-refractivity contribution in [2.45, 2.75) is 77.5 Å². The number of hydrogen-bond donors (Lipinski definition) is 8. The third-order valence-electron chi connectivity index (χ3n) is 8.24. The van der Waals surface area contributed by atoms with E-state index in [9.17, 15) is 14.2 Å². The second-order valence-electron chi connectivity index (χ2n) is 12.2. The van der Waals surface area contributed by atoms with Gasteiger partial charge in [0.2, 0.25) is 11.8 Å². The van der Waals surface area contributed by atoms with Gasteiger partial charge in [-0.3, -0.25) is 9.59 Å². The van der Waals surface area contributed by atoms with Crippen LogP contribution in [0, 0.1) is 0 Å². The number of aryl methyl sites for hydroxylation is 1. The lowest BCUT2D eigenvalue weighted by Crippen LogP contribution is -2.45. The molecule has 3 aromatic rings. The van der Waals surface area contributed by atoms with Crippen molar-refractivity contribution < 1.29 is 28.3 Å². The van der Waals surface area contributed by atoms with Crippen LogP contribution in [0.3, 0.4) is 0 Å². The van der Waals surface area contributed by atoms with E-state index in [1.54, 1.807) is 0 Å². The topological polar surface area (TPSA) is 233 Å². The number of imidazole rings is 1. The number of nitrogens with one attached hydrogen (secondary N) is 5. The smallest absolute Gasteiger partial charge is 0.382 e. The maximum Gasteiger partial charge on any atom is 0.694 e. The summed E-state index contributed by atoms with van der Waals surface area (Å²) in [7, 11) is -2.68. The summed E-state index contributed by atoms with van der Waals surface area (Å²) in [4.78, 5) is 44.1. The van der Waals surface area contributed by atoms with Crippen molar-refractivity contribution in [2.24, 2.45) is 5.73 Å². The number of fused-ring (bicyclic) bond motifs is 3. The highest BCUT2D eigenvalue weighted by molar-refractivity contribution is 7.32. The van der Waals surface area contributed by atoms with Crippen LogP contribution in [0.25, 0.3) is 21.9 Å². The second kappa shape index (κ2) is 24.8. The molecule has 0 radical (unpaired) electrons. The van der Waals surface area contributed by atoms with E-state index in [0.29, 0.717) is 76.5 Å². The second-order valence-corrected chi connectivity index (χ2v) is 12.9. The van der Waals surface area contributed by atoms with E-state index in [0.717, 1.165) is 74.1 Å². The van der Waals surface area contributed by atoms with E-state index in [1.165, 1.54) is 0 Å². The average molecular weight is 734 g/mol. The molecule has 0 saturated heterocycles. The van der Waals surface area contributed by atoms with Crippen molar-refractivity contribution in [3.63, 3.8) is 0 Å². The summed E-state index contributed by atoms with van der Waals surface area (Å²) in [6, 6.07) is 7.16. The van der Waals surface area contributed by atoms with Crippen molar-refractivity contribution in [3.8, 4) is 0 Å². The first-order valence-corrected chi connectivity index (χ1v) is 19.3. The van der Waals surface area contributed by atoms with Crippen LogP contribution in [0.5, 0.6) is 0 Å². The molecule has 2 amide bonds. The maximum absolute atomic E-state index is 13.3. The number of hydrogen-bond acceptors (Lipinski definition) is 12. The number of nitrogen functional groups attached to an aromatic ring is 1. The minimum absolute atomic E-state index is 0.0743. The van der Waals surface area contributed by atoms with Gasteiger partial charge in [0.25, 0.3) is 0 Å². The number of nitrogens with two attached hydrogens (primary N) is 2. The van der Waals surface area contributed by atoms with E-state index in [-0.39, 0.29) is 24.8 Å². The van der Waals surface area contributed by atoms with Crippen LogP contribution in [-0.4, -0.2) is 103 Å². The fourth-order valence-electron chi connectivity index (χ4n) is 5.62. The lowest BCUT2D eigenvalue weighted by Gasteiger charge is -2.18. The molecular weight excluding hydrogens is 675 g/mol. The summed E-state index contributed by atoms with van der Waals surface area (Å²) < 4.78 is 23.3. The molecule has 0 fully saturated rings. The number of amides is 2. The molecule has 0 spiro atoms. The van der Waals surface area contributed by atoms with Crippen molar-refractivity contribution in [3.05, 3.63) is 30.1 Å². The summed E-state index contributed by atoms with van der Waals surface area (Å²) in [5.74, 6) is 0.750. The number of anilines is 1. The van der Waals surface area contributed by atoms with Gasteiger partial charge in [0, 0.05) is 42.6 Å². The predicted octanol–water partition coefficient (Wildman–Crippen LogP) is 1.82. The maximum atomic E-state index is 13.3. The monoisotopic (exact) mass is 733 g/mol. The molecule has 0 aliphatic heterocycles. The average Bonchev–Trinajstić information content (AvgIpc) is 3.49. The van der Waals surface area contributed by atoms with E-state index < -0.39 is 14.3 Å². The molecular formula is C34H58N10O6P+. The molecule has 2 atom stereocenters. The number of unbranched alkanes of at least 4 members (excludes halogenated alkanes) is 1. The summed E-state index contributed by atoms with van der Waals surface area (Å²) in [6.45, 7) is 9.16. The van der Waals surface area contributed by atoms with Crippen LogP contribution in [-0.2, 0) is 36.6 Å². The summed E-state index contributed by atoms with van der Waals surface area (Å²) in [5, 5.41) is 16.8. The SMILES string of the molecule is CCOCc1nc2c(N)nc3ccccc3c2n1CCCNC(=O)[C@H](CCC(=O)NCCCNCCCCNCCCN)NCCCO[P+](=O)O. The van der Waals surface area contributed by atoms with Gasteiger partial charge in [-0.25, -0.2) is 9.97 Å². The normalized spacial score (nSPS) is 12.4. The number of pyridine rings is 1. The molecule has 0 aliphatic carbocycles. The number of para-hydroxylation sites is 1. The highest BCUT2D eigenvalue weighted by atomic mass is 31.1. The first kappa shape index (κ1) is 42.1. The van der Waals surface area contributed by atoms with Gasteiger partial charge in [-0.05, 0) is 97.2 Å². The van der Waals surface area contributed by atoms with Crippen molar-refractivity contribution in [1.82, 2.24) is 41.1 Å². The van der Waals surface area contributed by atoms with Crippen LogP contribution < -0.4 is 38.1 Å². The molecule has 0 bridgehead atoms. The molecule has 3 rings (SSSR count). The molecule has 51 heavy (non-hydrogen) atoms. The van der Waals surface area contributed by atoms with Crippen LogP contribution in [0.15, 0.2) is 24.3 Å². The van der Waals surface area contributed by atoms with E-state index in [1.807, 2.05) is 31.2 Å². The number of aromatic nitrogens is 3. The van der Waals surface area contributed by atoms with Gasteiger partial charge < -0.3 is 47.4 Å². The third-order valence-corrected chi connectivity index (χ3v) is 8.64. The van der Waals surface area contributed by atoms with E-state index >= 15 is 0 Å². The molecule has 284 valence electrons. The molecule has 1 unspecified atom stereocenters. The largest absolute Gasteiger partial charge is 0.694 e. The number of carbonyl (C=O) groups is 2. The van der Waals surface area contributed by atoms with Gasteiger partial charge in [0.05, 0.1) is 17.1 Å². The Morgan fingerprint density at radius 3 is 2.41 bits per heavy atom. The van der Waals surface area contributed by atoms with E-state index in [2.05, 4.69) is 36.1 Å². The van der Waals surface area contributed by atoms with Gasteiger partial charge in [0.15, 0.2) is 5.82 Å². The zero-order chi connectivity index (χ0) is 36.7. The number of benzene rings is 1. The highest BCUT2D eigenvalue weighted by Crippen LogP contribution is 2.29. The Balaban J connectivity index is 1.47. The minimum atomic E-state index is -2.68. The fourth-order valence-corrected chi connectivity index (χ4v) is 5.91. The van der Waals surface area contributed by atoms with Gasteiger partial charge in [-0.2, -0.15) is 0 Å². The molecule has 17 heteroatoms. The van der Waals surface area contributed by atoms with Crippen LogP contribution in [0.4, 0.5) is 5.82 Å². The minimum Gasteiger partial charge on any atom is -0.382 e. The van der Waals surface area contributed by atoms with Crippen LogP contribution in [0.2, 0.25) is 0 Å². The lowest BCUT2D eigenvalue weighted by atomic mass is 10.1. The quantitative estimate of drug-likeness (QED) is 0.0376. The van der Waals surface area contributed by atoms with Gasteiger partial charge in [-0.1, -0.05) is 18.2 Å². The molecule has 10 N–H and O–H groups in total. The first-order chi connectivity index (χ1) is 24.8. The molecule has 0 saturated carbocycles. The third kappa shape index (κ3) is 15.4. The molecule has 2 heterocycles. The highest BCUT2D eigenvalue weighted by Gasteiger charge is 2.21. The Kier molecular flexibility index (Phi) is 20.4. The molecule has 16 nitrogen and oxygen atoms in total. The van der Waals surface area contributed by atoms with Crippen molar-refractivity contribution >= 4 is 47.8 Å². The van der Waals surface area contributed by atoms with Gasteiger partial charge in [0.1, 0.15) is 24.6 Å². The van der Waals surface area contributed by atoms with Gasteiger partial charge in [-0.15, -0.1) is 9.42 Å².